The van der Waals surface area contributed by atoms with E-state index in [9.17, 15) is 4.79 Å². The molecule has 0 saturated carbocycles. The molecule has 1 aromatic heterocycles. The van der Waals surface area contributed by atoms with Crippen LogP contribution in [0.5, 0.6) is 0 Å². The van der Waals surface area contributed by atoms with Gasteiger partial charge in [0.05, 0.1) is 0 Å². The van der Waals surface area contributed by atoms with Crippen molar-refractivity contribution in [3.63, 3.8) is 0 Å². The van der Waals surface area contributed by atoms with Gasteiger partial charge < -0.3 is 5.32 Å². The Kier molecular flexibility index (Phi) is 3.14. The van der Waals surface area contributed by atoms with Crippen LogP contribution in [0.1, 0.15) is 21.6 Å². The van der Waals surface area contributed by atoms with E-state index in [4.69, 9.17) is 0 Å². The van der Waals surface area contributed by atoms with Gasteiger partial charge >= 0.3 is 0 Å². The Morgan fingerprint density at radius 1 is 1.24 bits per heavy atom. The lowest BCUT2D eigenvalue weighted by Crippen LogP contribution is -2.14. The molecule has 0 radical (unpaired) electrons. The van der Waals surface area contributed by atoms with Gasteiger partial charge in [-0.25, -0.2) is 9.97 Å². The predicted molar refractivity (Wildman–Crippen MR) is 65.9 cm³/mol. The fraction of sp³-hybridized carbons (Fsp3) is 0.154. The number of aryl methyl sites for hydroxylation is 1. The lowest BCUT2D eigenvalue weighted by molar-refractivity contribution is 0.102. The average molecular weight is 227 g/mol. The van der Waals surface area contributed by atoms with E-state index >= 15 is 0 Å². The monoisotopic (exact) mass is 227 g/mol. The lowest BCUT2D eigenvalue weighted by Gasteiger charge is -2.09. The number of rotatable bonds is 2. The Morgan fingerprint density at radius 3 is 2.76 bits per heavy atom. The first-order chi connectivity index (χ1) is 8.18. The topological polar surface area (TPSA) is 54.9 Å². The third-order valence-electron chi connectivity index (χ3n) is 2.67. The van der Waals surface area contributed by atoms with Gasteiger partial charge in [-0.15, -0.1) is 0 Å². The summed E-state index contributed by atoms with van der Waals surface area (Å²) in [5.74, 6) is -0.221. The van der Waals surface area contributed by atoms with Crippen molar-refractivity contribution in [1.29, 1.82) is 0 Å². The second kappa shape index (κ2) is 4.74. The second-order valence-electron chi connectivity index (χ2n) is 3.80. The molecule has 4 heteroatoms. The molecule has 0 fully saturated rings. The van der Waals surface area contributed by atoms with Gasteiger partial charge in [0.2, 0.25) is 0 Å². The molecule has 86 valence electrons. The summed E-state index contributed by atoms with van der Waals surface area (Å²) >= 11 is 0. The summed E-state index contributed by atoms with van der Waals surface area (Å²) in [5.41, 5.74) is 3.38. The van der Waals surface area contributed by atoms with Crippen LogP contribution in [0.15, 0.2) is 36.8 Å². The Hall–Kier alpha value is -2.23. The summed E-state index contributed by atoms with van der Waals surface area (Å²) in [7, 11) is 0. The molecule has 0 bridgehead atoms. The number of nitrogens with zero attached hydrogens (tertiary/aromatic N) is 2. The van der Waals surface area contributed by atoms with E-state index in [0.717, 1.165) is 16.8 Å². The van der Waals surface area contributed by atoms with Gasteiger partial charge in [0, 0.05) is 11.9 Å². The van der Waals surface area contributed by atoms with E-state index in [-0.39, 0.29) is 5.91 Å². The number of hydrogen-bond donors (Lipinski definition) is 1. The zero-order valence-electron chi connectivity index (χ0n) is 9.77. The number of amides is 1. The van der Waals surface area contributed by atoms with Gasteiger partial charge in [-0.2, -0.15) is 0 Å². The van der Waals surface area contributed by atoms with Gasteiger partial charge in [0.25, 0.3) is 5.91 Å². The minimum absolute atomic E-state index is 0.221. The summed E-state index contributed by atoms with van der Waals surface area (Å²) < 4.78 is 0. The van der Waals surface area contributed by atoms with Crippen LogP contribution in [0, 0.1) is 13.8 Å². The van der Waals surface area contributed by atoms with Gasteiger partial charge in [0.15, 0.2) is 0 Å². The Labute approximate surface area is 99.7 Å². The van der Waals surface area contributed by atoms with Crippen molar-refractivity contribution in [3.8, 4) is 0 Å². The summed E-state index contributed by atoms with van der Waals surface area (Å²) in [6.45, 7) is 3.99. The Morgan fingerprint density at radius 2 is 2.06 bits per heavy atom. The minimum atomic E-state index is -0.221. The van der Waals surface area contributed by atoms with Gasteiger partial charge in [-0.1, -0.05) is 12.1 Å². The maximum atomic E-state index is 11.9. The smallest absolute Gasteiger partial charge is 0.274 e. The molecule has 0 aliphatic carbocycles. The molecule has 17 heavy (non-hydrogen) atoms. The SMILES string of the molecule is Cc1cccc(NC(=O)c2ccncn2)c1C. The molecule has 0 saturated heterocycles. The molecule has 1 heterocycles. The van der Waals surface area contributed by atoms with Crippen LogP contribution in [0.3, 0.4) is 0 Å². The molecule has 4 nitrogen and oxygen atoms in total. The highest BCUT2D eigenvalue weighted by Gasteiger charge is 2.08. The normalized spacial score (nSPS) is 10.0. The highest BCUT2D eigenvalue weighted by molar-refractivity contribution is 6.03. The van der Waals surface area contributed by atoms with Gasteiger partial charge in [-0.05, 0) is 37.1 Å². The van der Waals surface area contributed by atoms with Crippen LogP contribution in [-0.2, 0) is 0 Å². The highest BCUT2D eigenvalue weighted by Crippen LogP contribution is 2.18. The maximum absolute atomic E-state index is 11.9. The van der Waals surface area contributed by atoms with E-state index < -0.39 is 0 Å². The highest BCUT2D eigenvalue weighted by atomic mass is 16.1. The predicted octanol–water partition coefficient (Wildman–Crippen LogP) is 2.35. The number of nitrogens with one attached hydrogen (secondary N) is 1. The van der Waals surface area contributed by atoms with Gasteiger partial charge in [-0.3, -0.25) is 4.79 Å². The van der Waals surface area contributed by atoms with Crippen molar-refractivity contribution in [2.45, 2.75) is 13.8 Å². The summed E-state index contributed by atoms with van der Waals surface area (Å²) in [6, 6.07) is 7.38. The first-order valence-electron chi connectivity index (χ1n) is 5.32. The zero-order valence-corrected chi connectivity index (χ0v) is 9.77. The molecule has 1 amide bonds. The minimum Gasteiger partial charge on any atom is -0.320 e. The Balaban J connectivity index is 2.22. The van der Waals surface area contributed by atoms with Crippen molar-refractivity contribution in [2.75, 3.05) is 5.32 Å². The van der Waals surface area contributed by atoms with Crippen LogP contribution in [0.2, 0.25) is 0 Å². The molecule has 0 unspecified atom stereocenters. The number of carbonyl (C=O) groups excluding carboxylic acids is 1. The molecule has 0 spiro atoms. The first-order valence-corrected chi connectivity index (χ1v) is 5.32. The Bertz CT molecular complexity index is 538. The average Bonchev–Trinajstić information content (AvgIpc) is 2.36. The van der Waals surface area contributed by atoms with Crippen LogP contribution >= 0.6 is 0 Å². The van der Waals surface area contributed by atoms with Crippen molar-refractivity contribution in [2.24, 2.45) is 0 Å². The number of benzene rings is 1. The first kappa shape index (κ1) is 11.3. The van der Waals surface area contributed by atoms with E-state index in [0.29, 0.717) is 5.69 Å². The van der Waals surface area contributed by atoms with Crippen LogP contribution in [0.4, 0.5) is 5.69 Å². The van der Waals surface area contributed by atoms with E-state index in [1.54, 1.807) is 12.3 Å². The maximum Gasteiger partial charge on any atom is 0.274 e. The van der Waals surface area contributed by atoms with Gasteiger partial charge in [0.1, 0.15) is 12.0 Å². The molecule has 1 N–H and O–H groups in total. The van der Waals surface area contributed by atoms with E-state index in [2.05, 4.69) is 15.3 Å². The standard InChI is InChI=1S/C13H13N3O/c1-9-4-3-5-11(10(9)2)16-13(17)12-6-7-14-8-15-12/h3-8H,1-2H3,(H,16,17). The second-order valence-corrected chi connectivity index (χ2v) is 3.80. The zero-order chi connectivity index (χ0) is 12.3. The van der Waals surface area contributed by atoms with Crippen molar-refractivity contribution >= 4 is 11.6 Å². The van der Waals surface area contributed by atoms with Crippen LogP contribution in [-0.4, -0.2) is 15.9 Å². The number of carbonyl (C=O) groups is 1. The summed E-state index contributed by atoms with van der Waals surface area (Å²) in [6.07, 6.45) is 2.91. The van der Waals surface area contributed by atoms with E-state index in [1.807, 2.05) is 32.0 Å². The van der Waals surface area contributed by atoms with E-state index in [1.165, 1.54) is 6.33 Å². The molecule has 0 aliphatic rings. The van der Waals surface area contributed by atoms with Crippen LogP contribution < -0.4 is 5.32 Å². The lowest BCUT2D eigenvalue weighted by atomic mass is 10.1. The molecule has 2 rings (SSSR count). The number of aromatic nitrogens is 2. The fourth-order valence-corrected chi connectivity index (χ4v) is 1.50. The summed E-state index contributed by atoms with van der Waals surface area (Å²) in [5, 5.41) is 2.84. The largest absolute Gasteiger partial charge is 0.320 e. The van der Waals surface area contributed by atoms with Crippen molar-refractivity contribution < 1.29 is 4.79 Å². The summed E-state index contributed by atoms with van der Waals surface area (Å²) in [4.78, 5) is 19.6. The quantitative estimate of drug-likeness (QED) is 0.856. The fourth-order valence-electron chi connectivity index (χ4n) is 1.50. The molecule has 2 aromatic rings. The molecular formula is C13H13N3O. The third-order valence-corrected chi connectivity index (χ3v) is 2.67. The molecule has 0 aliphatic heterocycles. The third kappa shape index (κ3) is 2.47. The van der Waals surface area contributed by atoms with Crippen molar-refractivity contribution in [3.05, 3.63) is 53.6 Å². The molecule has 1 aromatic carbocycles. The molecular weight excluding hydrogens is 214 g/mol. The number of anilines is 1. The van der Waals surface area contributed by atoms with Crippen LogP contribution in [0.25, 0.3) is 0 Å². The molecule has 0 atom stereocenters. The van der Waals surface area contributed by atoms with Crippen molar-refractivity contribution in [1.82, 2.24) is 9.97 Å². The number of hydrogen-bond acceptors (Lipinski definition) is 3.